The fourth-order valence-corrected chi connectivity index (χ4v) is 5.07. The molecule has 4 rings (SSSR count). The molecule has 1 aliphatic heterocycles. The topological polar surface area (TPSA) is 49.1 Å². The van der Waals surface area contributed by atoms with Gasteiger partial charge in [-0.2, -0.15) is 0 Å². The smallest absolute Gasteiger partial charge is 0.126 e. The summed E-state index contributed by atoms with van der Waals surface area (Å²) in [6.07, 6.45) is 8.37. The summed E-state index contributed by atoms with van der Waals surface area (Å²) in [6.45, 7) is 5.34. The van der Waals surface area contributed by atoms with E-state index in [0.717, 1.165) is 69.1 Å². The van der Waals surface area contributed by atoms with Crippen LogP contribution < -0.4 is 4.74 Å². The highest BCUT2D eigenvalue weighted by Crippen LogP contribution is 2.39. The van der Waals surface area contributed by atoms with Gasteiger partial charge in [0.15, 0.2) is 0 Å². The molecule has 1 saturated heterocycles. The molecular formula is C26H36N2O3. The molecule has 168 valence electrons. The molecular weight excluding hydrogens is 388 g/mol. The Bertz CT molecular complexity index is 838. The minimum absolute atomic E-state index is 0.250. The summed E-state index contributed by atoms with van der Waals surface area (Å²) in [4.78, 5) is 4.93. The van der Waals surface area contributed by atoms with Crippen molar-refractivity contribution in [3.05, 3.63) is 59.6 Å². The second-order valence-electron chi connectivity index (χ2n) is 9.32. The Kier molecular flexibility index (Phi) is 7.16. The van der Waals surface area contributed by atoms with Crippen molar-refractivity contribution in [2.45, 2.75) is 37.7 Å². The van der Waals surface area contributed by atoms with Crippen LogP contribution in [0.2, 0.25) is 0 Å². The summed E-state index contributed by atoms with van der Waals surface area (Å²) in [5.74, 6) is 1.98. The molecule has 31 heavy (non-hydrogen) atoms. The van der Waals surface area contributed by atoms with Crippen LogP contribution in [-0.4, -0.2) is 67.4 Å². The summed E-state index contributed by atoms with van der Waals surface area (Å²) < 4.78 is 10.9. The molecule has 5 nitrogen and oxygen atoms in total. The van der Waals surface area contributed by atoms with Crippen molar-refractivity contribution >= 4 is 6.08 Å². The van der Waals surface area contributed by atoms with Crippen molar-refractivity contribution < 1.29 is 14.3 Å². The van der Waals surface area contributed by atoms with Crippen molar-refractivity contribution in [3.8, 4) is 5.75 Å². The van der Waals surface area contributed by atoms with E-state index in [1.807, 2.05) is 24.3 Å². The Hall–Kier alpha value is -2.08. The first-order valence-corrected chi connectivity index (χ1v) is 11.5. The lowest BCUT2D eigenvalue weighted by atomic mass is 9.77. The Morgan fingerprint density at radius 1 is 1.16 bits per heavy atom. The van der Waals surface area contributed by atoms with Crippen molar-refractivity contribution in [1.82, 2.24) is 9.80 Å². The average Bonchev–Trinajstić information content (AvgIpc) is 3.22. The van der Waals surface area contributed by atoms with Gasteiger partial charge in [0.1, 0.15) is 11.5 Å². The molecule has 2 aromatic rings. The SMILES string of the molecule is COc1ccc(CC2(O)CC(=Cc3ccco3)CCCC2CN2CCN(C)CC2)cc1. The number of nitrogens with zero attached hydrogens (tertiary/aromatic N) is 2. The van der Waals surface area contributed by atoms with Crippen LogP contribution in [0.15, 0.2) is 52.7 Å². The zero-order valence-electron chi connectivity index (χ0n) is 18.9. The lowest BCUT2D eigenvalue weighted by Gasteiger charge is -2.41. The third-order valence-corrected chi connectivity index (χ3v) is 6.98. The number of hydrogen-bond donors (Lipinski definition) is 1. The van der Waals surface area contributed by atoms with Gasteiger partial charge < -0.3 is 24.1 Å². The molecule has 2 unspecified atom stereocenters. The normalized spacial score (nSPS) is 27.3. The second kappa shape index (κ2) is 10.0. The summed E-state index contributed by atoms with van der Waals surface area (Å²) in [6, 6.07) is 12.1. The highest BCUT2D eigenvalue weighted by Gasteiger charge is 2.40. The molecule has 1 aromatic carbocycles. The number of ether oxygens (including phenoxy) is 1. The molecule has 0 radical (unpaired) electrons. The lowest BCUT2D eigenvalue weighted by molar-refractivity contribution is -0.0347. The van der Waals surface area contributed by atoms with E-state index >= 15 is 0 Å². The number of hydrogen-bond acceptors (Lipinski definition) is 5. The van der Waals surface area contributed by atoms with Crippen molar-refractivity contribution in [3.63, 3.8) is 0 Å². The van der Waals surface area contributed by atoms with E-state index in [2.05, 4.69) is 35.1 Å². The predicted molar refractivity (Wildman–Crippen MR) is 124 cm³/mol. The molecule has 0 bridgehead atoms. The van der Waals surface area contributed by atoms with E-state index in [-0.39, 0.29) is 5.92 Å². The van der Waals surface area contributed by atoms with Gasteiger partial charge in [0.05, 0.1) is 19.0 Å². The quantitative estimate of drug-likeness (QED) is 0.708. The van der Waals surface area contributed by atoms with Crippen molar-refractivity contribution in [2.75, 3.05) is 46.9 Å². The molecule has 0 spiro atoms. The van der Waals surface area contributed by atoms with Crippen LogP contribution in [0.4, 0.5) is 0 Å². The molecule has 2 atom stereocenters. The molecule has 2 fully saturated rings. The summed E-state index contributed by atoms with van der Waals surface area (Å²) in [5, 5.41) is 12.1. The maximum atomic E-state index is 12.1. The summed E-state index contributed by atoms with van der Waals surface area (Å²) >= 11 is 0. The summed E-state index contributed by atoms with van der Waals surface area (Å²) in [5.41, 5.74) is 1.67. The van der Waals surface area contributed by atoms with Crippen LogP contribution in [0, 0.1) is 5.92 Å². The van der Waals surface area contributed by atoms with Crippen LogP contribution >= 0.6 is 0 Å². The first kappa shape index (κ1) is 22.1. The molecule has 2 aliphatic rings. The van der Waals surface area contributed by atoms with E-state index in [9.17, 15) is 5.11 Å². The molecule has 0 amide bonds. The minimum Gasteiger partial charge on any atom is -0.497 e. The van der Waals surface area contributed by atoms with E-state index in [1.54, 1.807) is 13.4 Å². The third kappa shape index (κ3) is 5.79. The molecule has 1 saturated carbocycles. The van der Waals surface area contributed by atoms with Gasteiger partial charge in [-0.05, 0) is 68.6 Å². The Balaban J connectivity index is 1.56. The number of methoxy groups -OCH3 is 1. The minimum atomic E-state index is -0.771. The Morgan fingerprint density at radius 3 is 2.61 bits per heavy atom. The van der Waals surface area contributed by atoms with E-state index in [4.69, 9.17) is 9.15 Å². The molecule has 1 aromatic heterocycles. The van der Waals surface area contributed by atoms with E-state index in [0.29, 0.717) is 12.8 Å². The maximum absolute atomic E-state index is 12.1. The zero-order chi connectivity index (χ0) is 21.7. The van der Waals surface area contributed by atoms with Crippen LogP contribution in [0.5, 0.6) is 5.75 Å². The first-order valence-electron chi connectivity index (χ1n) is 11.5. The number of aliphatic hydroxyl groups is 1. The highest BCUT2D eigenvalue weighted by molar-refractivity contribution is 5.48. The van der Waals surface area contributed by atoms with E-state index < -0.39 is 5.60 Å². The Labute approximate surface area is 186 Å². The number of rotatable bonds is 6. The second-order valence-corrected chi connectivity index (χ2v) is 9.32. The molecule has 2 heterocycles. The Morgan fingerprint density at radius 2 is 1.94 bits per heavy atom. The zero-order valence-corrected chi connectivity index (χ0v) is 18.9. The van der Waals surface area contributed by atoms with Gasteiger partial charge in [0, 0.05) is 45.1 Å². The van der Waals surface area contributed by atoms with E-state index in [1.165, 1.54) is 5.57 Å². The standard InChI is InChI=1S/C26H36N2O3/c1-27-12-14-28(15-13-27)20-23-6-3-5-22(17-25-7-4-16-31-25)19-26(23,29)18-21-8-10-24(30-2)11-9-21/h4,7-11,16-17,23,29H,3,5-6,12-15,18-20H2,1-2H3. The van der Waals surface area contributed by atoms with Crippen LogP contribution in [0.25, 0.3) is 6.08 Å². The fourth-order valence-electron chi connectivity index (χ4n) is 5.07. The number of furan rings is 1. The third-order valence-electron chi connectivity index (χ3n) is 6.98. The predicted octanol–water partition coefficient (Wildman–Crippen LogP) is 4.08. The van der Waals surface area contributed by atoms with Gasteiger partial charge in [-0.15, -0.1) is 0 Å². The van der Waals surface area contributed by atoms with Crippen LogP contribution in [0.1, 0.15) is 37.0 Å². The highest BCUT2D eigenvalue weighted by atomic mass is 16.5. The lowest BCUT2D eigenvalue weighted by Crippen LogP contribution is -2.50. The van der Waals surface area contributed by atoms with Gasteiger partial charge in [0.25, 0.3) is 0 Å². The average molecular weight is 425 g/mol. The largest absolute Gasteiger partial charge is 0.497 e. The van der Waals surface area contributed by atoms with Gasteiger partial charge in [0.2, 0.25) is 0 Å². The van der Waals surface area contributed by atoms with Crippen molar-refractivity contribution in [1.29, 1.82) is 0 Å². The van der Waals surface area contributed by atoms with Gasteiger partial charge in [-0.1, -0.05) is 17.7 Å². The summed E-state index contributed by atoms with van der Waals surface area (Å²) in [7, 11) is 3.88. The fraction of sp³-hybridized carbons (Fsp3) is 0.538. The first-order chi connectivity index (χ1) is 15.0. The van der Waals surface area contributed by atoms with Gasteiger partial charge in [-0.25, -0.2) is 0 Å². The molecule has 5 heteroatoms. The molecule has 1 N–H and O–H groups in total. The maximum Gasteiger partial charge on any atom is 0.126 e. The van der Waals surface area contributed by atoms with Gasteiger partial charge >= 0.3 is 0 Å². The van der Waals surface area contributed by atoms with Crippen molar-refractivity contribution in [2.24, 2.45) is 5.92 Å². The number of benzene rings is 1. The van der Waals surface area contributed by atoms with Crippen LogP contribution in [-0.2, 0) is 6.42 Å². The monoisotopic (exact) mass is 424 g/mol. The van der Waals surface area contributed by atoms with Gasteiger partial charge in [-0.3, -0.25) is 0 Å². The number of piperazine rings is 1. The number of likely N-dealkylation sites (N-methyl/N-ethyl adjacent to an activating group) is 1. The van der Waals surface area contributed by atoms with Crippen LogP contribution in [0.3, 0.4) is 0 Å². The molecule has 1 aliphatic carbocycles.